The maximum absolute atomic E-state index is 13.4. The summed E-state index contributed by atoms with van der Waals surface area (Å²) in [6.45, 7) is 4.25. The second kappa shape index (κ2) is 8.60. The highest BCUT2D eigenvalue weighted by molar-refractivity contribution is 6.46. The number of aryl methyl sites for hydroxylation is 2. The van der Waals surface area contributed by atoms with Crippen LogP contribution in [0.5, 0.6) is 0 Å². The van der Waals surface area contributed by atoms with Crippen LogP contribution in [0, 0.1) is 13.8 Å². The van der Waals surface area contributed by atoms with Gasteiger partial charge in [0.1, 0.15) is 5.76 Å². The molecule has 0 spiro atoms. The van der Waals surface area contributed by atoms with Crippen LogP contribution in [0.3, 0.4) is 0 Å². The van der Waals surface area contributed by atoms with Gasteiger partial charge in [-0.3, -0.25) is 14.6 Å². The monoisotopic (exact) mass is 448 g/mol. The molecule has 168 valence electrons. The van der Waals surface area contributed by atoms with Gasteiger partial charge in [0.25, 0.3) is 11.7 Å². The first-order chi connectivity index (χ1) is 16.5. The van der Waals surface area contributed by atoms with E-state index in [1.807, 2.05) is 68.4 Å². The van der Waals surface area contributed by atoms with Gasteiger partial charge in [-0.15, -0.1) is 0 Å². The smallest absolute Gasteiger partial charge is 0.295 e. The third-order valence-corrected chi connectivity index (χ3v) is 6.45. The van der Waals surface area contributed by atoms with Crippen molar-refractivity contribution in [3.8, 4) is 0 Å². The van der Waals surface area contributed by atoms with Crippen LogP contribution in [0.25, 0.3) is 16.5 Å². The summed E-state index contributed by atoms with van der Waals surface area (Å²) in [6, 6.07) is 22.1. The van der Waals surface area contributed by atoms with Crippen LogP contribution in [-0.4, -0.2) is 26.7 Å². The average Bonchev–Trinajstić information content (AvgIpc) is 3.11. The Balaban J connectivity index is 1.70. The van der Waals surface area contributed by atoms with E-state index in [4.69, 9.17) is 0 Å². The Kier molecular flexibility index (Phi) is 5.46. The SMILES string of the molecule is Cc1ccc(C)c(CN2C(=O)C(=O)/C(=C(\O)c3cccc4ccccc34)C2c2ccncc2)c1. The van der Waals surface area contributed by atoms with Crippen LogP contribution in [-0.2, 0) is 16.1 Å². The number of rotatable bonds is 4. The summed E-state index contributed by atoms with van der Waals surface area (Å²) in [5.74, 6) is -1.47. The number of pyridine rings is 1. The Morgan fingerprint density at radius 2 is 1.68 bits per heavy atom. The molecule has 1 aliphatic rings. The van der Waals surface area contributed by atoms with Crippen LogP contribution in [0.2, 0.25) is 0 Å². The maximum atomic E-state index is 13.4. The molecule has 2 heterocycles. The maximum Gasteiger partial charge on any atom is 0.295 e. The summed E-state index contributed by atoms with van der Waals surface area (Å²) in [7, 11) is 0. The number of nitrogens with zero attached hydrogens (tertiary/aromatic N) is 2. The first-order valence-corrected chi connectivity index (χ1v) is 11.2. The van der Waals surface area contributed by atoms with E-state index in [1.54, 1.807) is 35.5 Å². The topological polar surface area (TPSA) is 70.5 Å². The molecule has 1 unspecified atom stereocenters. The van der Waals surface area contributed by atoms with Crippen LogP contribution < -0.4 is 0 Å². The lowest BCUT2D eigenvalue weighted by molar-refractivity contribution is -0.140. The van der Waals surface area contributed by atoms with E-state index in [0.29, 0.717) is 5.56 Å². The number of fused-ring (bicyclic) bond motifs is 1. The molecular formula is C29H24N2O3. The number of aromatic nitrogens is 1. The summed E-state index contributed by atoms with van der Waals surface area (Å²) in [6.07, 6.45) is 3.26. The highest BCUT2D eigenvalue weighted by Gasteiger charge is 2.46. The van der Waals surface area contributed by atoms with Crippen molar-refractivity contribution in [3.63, 3.8) is 0 Å². The Labute approximate surface area is 198 Å². The van der Waals surface area contributed by atoms with Crippen molar-refractivity contribution in [1.29, 1.82) is 0 Å². The van der Waals surface area contributed by atoms with Crippen molar-refractivity contribution >= 4 is 28.2 Å². The fraction of sp³-hybridized carbons (Fsp3) is 0.138. The van der Waals surface area contributed by atoms with Crippen LogP contribution >= 0.6 is 0 Å². The highest BCUT2D eigenvalue weighted by Crippen LogP contribution is 2.41. The molecule has 5 rings (SSSR count). The van der Waals surface area contributed by atoms with E-state index in [2.05, 4.69) is 4.98 Å². The third-order valence-electron chi connectivity index (χ3n) is 6.45. The number of benzene rings is 3. The molecule has 5 heteroatoms. The number of aliphatic hydroxyl groups is 1. The van der Waals surface area contributed by atoms with Crippen molar-refractivity contribution in [2.24, 2.45) is 0 Å². The molecule has 1 amide bonds. The van der Waals surface area contributed by atoms with Gasteiger partial charge in [-0.1, -0.05) is 66.2 Å². The summed E-state index contributed by atoms with van der Waals surface area (Å²) >= 11 is 0. The van der Waals surface area contributed by atoms with Crippen LogP contribution in [0.1, 0.15) is 33.9 Å². The number of carbonyl (C=O) groups is 2. The zero-order chi connectivity index (χ0) is 23.8. The lowest BCUT2D eigenvalue weighted by Crippen LogP contribution is -2.29. The summed E-state index contributed by atoms with van der Waals surface area (Å²) < 4.78 is 0. The van der Waals surface area contributed by atoms with Gasteiger partial charge in [0.15, 0.2) is 0 Å². The fourth-order valence-corrected chi connectivity index (χ4v) is 4.67. The van der Waals surface area contributed by atoms with E-state index in [-0.39, 0.29) is 17.9 Å². The molecule has 1 aliphatic heterocycles. The lowest BCUT2D eigenvalue weighted by atomic mass is 9.93. The molecule has 1 aromatic heterocycles. The molecule has 1 N–H and O–H groups in total. The molecule has 34 heavy (non-hydrogen) atoms. The fourth-order valence-electron chi connectivity index (χ4n) is 4.67. The van der Waals surface area contributed by atoms with Gasteiger partial charge in [-0.2, -0.15) is 0 Å². The minimum atomic E-state index is -0.720. The standard InChI is InChI=1S/C29H24N2O3/c1-18-10-11-19(2)22(16-18)17-31-26(21-12-14-30-15-13-21)25(28(33)29(31)34)27(32)24-9-5-7-20-6-3-4-8-23(20)24/h3-16,26,32H,17H2,1-2H3/b27-25-. The van der Waals surface area contributed by atoms with Crippen molar-refractivity contribution in [2.75, 3.05) is 0 Å². The average molecular weight is 449 g/mol. The number of likely N-dealkylation sites (tertiary alicyclic amines) is 1. The summed E-state index contributed by atoms with van der Waals surface area (Å²) in [4.78, 5) is 32.3. The number of carbonyl (C=O) groups excluding carboxylic acids is 2. The molecule has 1 saturated heterocycles. The normalized spacial score (nSPS) is 17.5. The molecule has 4 aromatic rings. The van der Waals surface area contributed by atoms with E-state index >= 15 is 0 Å². The number of amides is 1. The van der Waals surface area contributed by atoms with Gasteiger partial charge in [0.05, 0.1) is 11.6 Å². The zero-order valence-corrected chi connectivity index (χ0v) is 19.0. The largest absolute Gasteiger partial charge is 0.507 e. The Morgan fingerprint density at radius 3 is 2.47 bits per heavy atom. The van der Waals surface area contributed by atoms with Crippen molar-refractivity contribution in [2.45, 2.75) is 26.4 Å². The van der Waals surface area contributed by atoms with Gasteiger partial charge in [-0.25, -0.2) is 0 Å². The predicted octanol–water partition coefficient (Wildman–Crippen LogP) is 5.47. The van der Waals surface area contributed by atoms with Gasteiger partial charge in [0.2, 0.25) is 0 Å². The molecule has 1 atom stereocenters. The molecule has 1 fully saturated rings. The molecule has 3 aromatic carbocycles. The molecule has 5 nitrogen and oxygen atoms in total. The molecule has 0 bridgehead atoms. The first-order valence-electron chi connectivity index (χ1n) is 11.2. The Bertz CT molecular complexity index is 1450. The lowest BCUT2D eigenvalue weighted by Gasteiger charge is -2.26. The van der Waals surface area contributed by atoms with E-state index in [0.717, 1.165) is 33.0 Å². The van der Waals surface area contributed by atoms with E-state index in [1.165, 1.54) is 0 Å². The van der Waals surface area contributed by atoms with Crippen molar-refractivity contribution in [3.05, 3.63) is 119 Å². The van der Waals surface area contributed by atoms with Gasteiger partial charge >= 0.3 is 0 Å². The molecular weight excluding hydrogens is 424 g/mol. The second-order valence-corrected chi connectivity index (χ2v) is 8.66. The van der Waals surface area contributed by atoms with Gasteiger partial charge < -0.3 is 10.0 Å². The van der Waals surface area contributed by atoms with Crippen LogP contribution in [0.15, 0.2) is 90.8 Å². The Morgan fingerprint density at radius 1 is 0.941 bits per heavy atom. The van der Waals surface area contributed by atoms with E-state index in [9.17, 15) is 14.7 Å². The molecule has 0 saturated carbocycles. The predicted molar refractivity (Wildman–Crippen MR) is 132 cm³/mol. The van der Waals surface area contributed by atoms with Gasteiger partial charge in [0, 0.05) is 24.5 Å². The zero-order valence-electron chi connectivity index (χ0n) is 19.0. The van der Waals surface area contributed by atoms with Crippen molar-refractivity contribution < 1.29 is 14.7 Å². The summed E-state index contributed by atoms with van der Waals surface area (Å²) in [5.41, 5.74) is 4.43. The van der Waals surface area contributed by atoms with Crippen LogP contribution in [0.4, 0.5) is 0 Å². The highest BCUT2D eigenvalue weighted by atomic mass is 16.3. The number of hydrogen-bond acceptors (Lipinski definition) is 4. The Hall–Kier alpha value is -4.25. The first kappa shape index (κ1) is 21.6. The van der Waals surface area contributed by atoms with Gasteiger partial charge in [-0.05, 0) is 53.4 Å². The van der Waals surface area contributed by atoms with Crippen molar-refractivity contribution in [1.82, 2.24) is 9.88 Å². The third kappa shape index (κ3) is 3.65. The minimum absolute atomic E-state index is 0.0952. The summed E-state index contributed by atoms with van der Waals surface area (Å²) in [5, 5.41) is 13.2. The number of hydrogen-bond donors (Lipinski definition) is 1. The second-order valence-electron chi connectivity index (χ2n) is 8.66. The number of Topliss-reactive ketones (excluding diaryl/α,β-unsaturated/α-hetero) is 1. The number of aliphatic hydroxyl groups excluding tert-OH is 1. The number of ketones is 1. The molecule has 0 radical (unpaired) electrons. The quantitative estimate of drug-likeness (QED) is 0.255. The van der Waals surface area contributed by atoms with E-state index < -0.39 is 17.7 Å². The minimum Gasteiger partial charge on any atom is -0.507 e. The molecule has 0 aliphatic carbocycles.